The van der Waals surface area contributed by atoms with E-state index >= 15 is 0 Å². The molecule has 27 heavy (non-hydrogen) atoms. The molecule has 0 aromatic heterocycles. The van der Waals surface area contributed by atoms with Crippen LogP contribution in [0.25, 0.3) is 0 Å². The lowest BCUT2D eigenvalue weighted by Crippen LogP contribution is -2.52. The summed E-state index contributed by atoms with van der Waals surface area (Å²) < 4.78 is 0. The molecule has 0 amide bonds. The number of benzene rings is 2. The second-order valence-electron chi connectivity index (χ2n) is 7.77. The lowest BCUT2D eigenvalue weighted by Gasteiger charge is -2.40. The molecule has 140 valence electrons. The predicted molar refractivity (Wildman–Crippen MR) is 112 cm³/mol. The average molecular weight is 381 g/mol. The zero-order valence-corrected chi connectivity index (χ0v) is 16.3. The van der Waals surface area contributed by atoms with E-state index < -0.39 is 0 Å². The summed E-state index contributed by atoms with van der Waals surface area (Å²) in [5, 5.41) is 0.821. The van der Waals surface area contributed by atoms with Crippen LogP contribution in [0.4, 0.5) is 11.4 Å². The van der Waals surface area contributed by atoms with Crippen molar-refractivity contribution in [3.63, 3.8) is 0 Å². The molecule has 4 nitrogen and oxygen atoms in total. The molecule has 0 spiro atoms. The second kappa shape index (κ2) is 7.17. The van der Waals surface area contributed by atoms with Gasteiger partial charge in [0, 0.05) is 43.8 Å². The maximum atomic E-state index is 6.13. The minimum atomic E-state index is 0.709. The molecule has 2 aromatic rings. The molecule has 2 aliphatic heterocycles. The molecule has 1 saturated heterocycles. The van der Waals surface area contributed by atoms with E-state index in [1.165, 1.54) is 29.9 Å². The molecule has 2 aromatic carbocycles. The number of nitrogens with zero attached hydrogens (tertiary/aromatic N) is 4. The van der Waals surface area contributed by atoms with Crippen molar-refractivity contribution in [1.29, 1.82) is 0 Å². The summed E-state index contributed by atoms with van der Waals surface area (Å²) in [6.45, 7) is 6.14. The highest BCUT2D eigenvalue weighted by atomic mass is 35.5. The van der Waals surface area contributed by atoms with Gasteiger partial charge in [-0.05, 0) is 42.7 Å². The van der Waals surface area contributed by atoms with E-state index in [0.717, 1.165) is 50.0 Å². The zero-order valence-electron chi connectivity index (χ0n) is 15.5. The number of amidine groups is 1. The Morgan fingerprint density at radius 2 is 1.78 bits per heavy atom. The standard InChI is InChI=1S/C22H25ClN4/c23-18-5-3-4-17(14-18)15-25-10-12-26(13-11-25)22-16-27(19-8-9-19)21-7-2-1-6-20(21)24-22/h1-7,14,19H,8-13,15-16H2. The number of piperazine rings is 1. The Morgan fingerprint density at radius 3 is 2.56 bits per heavy atom. The summed E-state index contributed by atoms with van der Waals surface area (Å²) in [6.07, 6.45) is 2.63. The van der Waals surface area contributed by atoms with Crippen LogP contribution in [0, 0.1) is 0 Å². The van der Waals surface area contributed by atoms with Gasteiger partial charge in [0.25, 0.3) is 0 Å². The number of halogens is 1. The first kappa shape index (κ1) is 17.1. The Hall–Kier alpha value is -2.04. The third-order valence-corrected chi connectivity index (χ3v) is 6.01. The quantitative estimate of drug-likeness (QED) is 0.797. The molecular formula is C22H25ClN4. The van der Waals surface area contributed by atoms with Gasteiger partial charge in [-0.3, -0.25) is 4.90 Å². The van der Waals surface area contributed by atoms with Crippen molar-refractivity contribution < 1.29 is 0 Å². The van der Waals surface area contributed by atoms with Gasteiger partial charge in [-0.1, -0.05) is 35.9 Å². The van der Waals surface area contributed by atoms with Gasteiger partial charge in [-0.2, -0.15) is 0 Å². The Kier molecular flexibility index (Phi) is 4.54. The Morgan fingerprint density at radius 1 is 0.963 bits per heavy atom. The van der Waals surface area contributed by atoms with E-state index in [-0.39, 0.29) is 0 Å². The highest BCUT2D eigenvalue weighted by molar-refractivity contribution is 6.30. The summed E-state index contributed by atoms with van der Waals surface area (Å²) in [7, 11) is 0. The number of fused-ring (bicyclic) bond motifs is 1. The van der Waals surface area contributed by atoms with Gasteiger partial charge in [-0.15, -0.1) is 0 Å². The highest BCUT2D eigenvalue weighted by Crippen LogP contribution is 2.39. The van der Waals surface area contributed by atoms with Crippen molar-refractivity contribution in [3.8, 4) is 0 Å². The van der Waals surface area contributed by atoms with Crippen LogP contribution in [0.5, 0.6) is 0 Å². The van der Waals surface area contributed by atoms with Crippen LogP contribution in [0.2, 0.25) is 5.02 Å². The summed E-state index contributed by atoms with van der Waals surface area (Å²) in [4.78, 5) is 12.6. The van der Waals surface area contributed by atoms with Gasteiger partial charge >= 0.3 is 0 Å². The second-order valence-corrected chi connectivity index (χ2v) is 8.21. The summed E-state index contributed by atoms with van der Waals surface area (Å²) in [5.41, 5.74) is 3.73. The van der Waals surface area contributed by atoms with Crippen molar-refractivity contribution in [1.82, 2.24) is 9.80 Å². The Bertz CT molecular complexity index is 853. The summed E-state index contributed by atoms with van der Waals surface area (Å²) in [6, 6.07) is 17.5. The minimum absolute atomic E-state index is 0.709. The third-order valence-electron chi connectivity index (χ3n) is 5.77. The SMILES string of the molecule is Clc1cccc(CN2CCN(C3=Nc4ccccc4N(C4CC4)C3)CC2)c1. The van der Waals surface area contributed by atoms with Crippen molar-refractivity contribution in [2.75, 3.05) is 37.6 Å². The van der Waals surface area contributed by atoms with E-state index in [4.69, 9.17) is 16.6 Å². The minimum Gasteiger partial charge on any atom is -0.359 e. The molecule has 2 fully saturated rings. The number of hydrogen-bond donors (Lipinski definition) is 0. The van der Waals surface area contributed by atoms with Gasteiger partial charge in [0.1, 0.15) is 5.84 Å². The molecule has 3 aliphatic rings. The molecule has 1 saturated carbocycles. The fraction of sp³-hybridized carbons (Fsp3) is 0.409. The van der Waals surface area contributed by atoms with E-state index in [1.54, 1.807) is 0 Å². The summed E-state index contributed by atoms with van der Waals surface area (Å²) in [5.74, 6) is 1.24. The maximum absolute atomic E-state index is 6.13. The summed E-state index contributed by atoms with van der Waals surface area (Å²) >= 11 is 6.13. The van der Waals surface area contributed by atoms with Gasteiger partial charge in [0.2, 0.25) is 0 Å². The Balaban J connectivity index is 1.26. The largest absolute Gasteiger partial charge is 0.359 e. The van der Waals surface area contributed by atoms with Crippen LogP contribution in [-0.2, 0) is 6.54 Å². The van der Waals surface area contributed by atoms with E-state index in [1.807, 2.05) is 12.1 Å². The van der Waals surface area contributed by atoms with E-state index in [0.29, 0.717) is 6.04 Å². The Labute approximate surface area is 166 Å². The topological polar surface area (TPSA) is 22.1 Å². The fourth-order valence-corrected chi connectivity index (χ4v) is 4.37. The number of para-hydroxylation sites is 2. The smallest absolute Gasteiger partial charge is 0.125 e. The lowest BCUT2D eigenvalue weighted by molar-refractivity contribution is 0.174. The van der Waals surface area contributed by atoms with Crippen molar-refractivity contribution >= 4 is 28.8 Å². The van der Waals surface area contributed by atoms with Crippen LogP contribution >= 0.6 is 11.6 Å². The number of aliphatic imine (C=N–C) groups is 1. The molecule has 0 atom stereocenters. The van der Waals surface area contributed by atoms with Gasteiger partial charge in [0.15, 0.2) is 0 Å². The first-order valence-electron chi connectivity index (χ1n) is 9.91. The van der Waals surface area contributed by atoms with Gasteiger partial charge < -0.3 is 9.80 Å². The molecule has 1 aliphatic carbocycles. The van der Waals surface area contributed by atoms with E-state index in [2.05, 4.69) is 51.1 Å². The number of rotatable bonds is 3. The molecule has 0 radical (unpaired) electrons. The highest BCUT2D eigenvalue weighted by Gasteiger charge is 2.34. The van der Waals surface area contributed by atoms with Crippen molar-refractivity contribution in [2.24, 2.45) is 4.99 Å². The number of hydrogen-bond acceptors (Lipinski definition) is 4. The monoisotopic (exact) mass is 380 g/mol. The average Bonchev–Trinajstić information content (AvgIpc) is 3.53. The van der Waals surface area contributed by atoms with Gasteiger partial charge in [-0.25, -0.2) is 4.99 Å². The third kappa shape index (κ3) is 3.69. The van der Waals surface area contributed by atoms with Gasteiger partial charge in [0.05, 0.1) is 17.9 Å². The molecule has 2 heterocycles. The maximum Gasteiger partial charge on any atom is 0.125 e. The lowest BCUT2D eigenvalue weighted by atomic mass is 10.1. The molecule has 0 N–H and O–H groups in total. The van der Waals surface area contributed by atoms with Crippen LogP contribution in [-0.4, -0.2) is 54.4 Å². The fourth-order valence-electron chi connectivity index (χ4n) is 4.15. The first-order valence-corrected chi connectivity index (χ1v) is 10.3. The molecular weight excluding hydrogens is 356 g/mol. The van der Waals surface area contributed by atoms with Crippen LogP contribution in [0.15, 0.2) is 53.5 Å². The van der Waals surface area contributed by atoms with Crippen LogP contribution in [0.1, 0.15) is 18.4 Å². The molecule has 5 rings (SSSR count). The zero-order chi connectivity index (χ0) is 18.2. The normalized spacial score (nSPS) is 20.4. The molecule has 0 unspecified atom stereocenters. The van der Waals surface area contributed by atoms with Crippen LogP contribution in [0.3, 0.4) is 0 Å². The van der Waals surface area contributed by atoms with Crippen molar-refractivity contribution in [3.05, 3.63) is 59.1 Å². The molecule has 5 heteroatoms. The number of anilines is 1. The van der Waals surface area contributed by atoms with E-state index in [9.17, 15) is 0 Å². The first-order chi connectivity index (χ1) is 13.3. The molecule has 0 bridgehead atoms. The van der Waals surface area contributed by atoms with Crippen molar-refractivity contribution in [2.45, 2.75) is 25.4 Å². The van der Waals surface area contributed by atoms with Crippen LogP contribution < -0.4 is 4.90 Å². The predicted octanol–water partition coefficient (Wildman–Crippen LogP) is 4.17.